The summed E-state index contributed by atoms with van der Waals surface area (Å²) in [4.78, 5) is 28.7. The third-order valence-corrected chi connectivity index (χ3v) is 5.90. The van der Waals surface area contributed by atoms with Crippen LogP contribution < -0.4 is 0 Å². The number of likely N-dealkylation sites (tertiary alicyclic amines) is 2. The molecule has 2 heterocycles. The molecule has 1 N–H and O–H groups in total. The summed E-state index contributed by atoms with van der Waals surface area (Å²) >= 11 is 6.10. The smallest absolute Gasteiger partial charge is 0.256 e. The molecule has 1 atom stereocenters. The fourth-order valence-corrected chi connectivity index (χ4v) is 4.37. The van der Waals surface area contributed by atoms with Gasteiger partial charge in [0.25, 0.3) is 5.91 Å². The number of halogens is 1. The van der Waals surface area contributed by atoms with Crippen LogP contribution in [0.2, 0.25) is 5.02 Å². The van der Waals surface area contributed by atoms with Crippen LogP contribution in [0.4, 0.5) is 0 Å². The van der Waals surface area contributed by atoms with Gasteiger partial charge in [-0.3, -0.25) is 9.59 Å². The van der Waals surface area contributed by atoms with Crippen molar-refractivity contribution < 1.29 is 14.7 Å². The topological polar surface area (TPSA) is 60.9 Å². The van der Waals surface area contributed by atoms with E-state index in [4.69, 9.17) is 11.6 Å². The van der Waals surface area contributed by atoms with Crippen molar-refractivity contribution in [2.24, 2.45) is 11.3 Å². The van der Waals surface area contributed by atoms with Gasteiger partial charge in [-0.1, -0.05) is 43.6 Å². The number of hydrogen-bond acceptors (Lipinski definition) is 3. The molecular formula is C20H27ClN2O3. The fraction of sp³-hybridized carbons (Fsp3) is 0.600. The number of hydrogen-bond donors (Lipinski definition) is 1. The lowest BCUT2D eigenvalue weighted by molar-refractivity contribution is -0.142. The summed E-state index contributed by atoms with van der Waals surface area (Å²) in [6, 6.07) is 6.88. The van der Waals surface area contributed by atoms with Crippen molar-refractivity contribution in [3.8, 4) is 0 Å². The first kappa shape index (κ1) is 19.2. The van der Waals surface area contributed by atoms with Crippen LogP contribution in [-0.2, 0) is 9.59 Å². The minimum Gasteiger partial charge on any atom is -0.378 e. The van der Waals surface area contributed by atoms with Crippen molar-refractivity contribution in [2.75, 3.05) is 26.2 Å². The molecule has 0 bridgehead atoms. The van der Waals surface area contributed by atoms with Gasteiger partial charge in [-0.15, -0.1) is 0 Å². The maximum absolute atomic E-state index is 12.7. The van der Waals surface area contributed by atoms with Crippen LogP contribution in [0.5, 0.6) is 0 Å². The van der Waals surface area contributed by atoms with Crippen LogP contribution in [0, 0.1) is 11.3 Å². The molecule has 2 amide bonds. The molecule has 1 aromatic rings. The average Bonchev–Trinajstić information content (AvgIpc) is 2.89. The van der Waals surface area contributed by atoms with Gasteiger partial charge in [-0.2, -0.15) is 0 Å². The van der Waals surface area contributed by atoms with Gasteiger partial charge in [-0.05, 0) is 24.8 Å². The molecule has 0 aromatic heterocycles. The number of amides is 2. The summed E-state index contributed by atoms with van der Waals surface area (Å²) in [7, 11) is 0. The Bertz CT molecular complexity index is 683. The van der Waals surface area contributed by atoms with Gasteiger partial charge in [0, 0.05) is 48.6 Å². The zero-order valence-electron chi connectivity index (χ0n) is 15.4. The number of aliphatic hydroxyl groups is 1. The minimum atomic E-state index is -1.24. The lowest BCUT2D eigenvalue weighted by Gasteiger charge is -2.39. The highest BCUT2D eigenvalue weighted by atomic mass is 35.5. The maximum Gasteiger partial charge on any atom is 0.256 e. The summed E-state index contributed by atoms with van der Waals surface area (Å²) in [6.07, 6.45) is 0.942. The molecule has 2 fully saturated rings. The predicted molar refractivity (Wildman–Crippen MR) is 101 cm³/mol. The van der Waals surface area contributed by atoms with Crippen molar-refractivity contribution in [1.82, 2.24) is 9.80 Å². The van der Waals surface area contributed by atoms with Gasteiger partial charge in [0.05, 0.1) is 0 Å². The van der Waals surface area contributed by atoms with Crippen LogP contribution >= 0.6 is 11.6 Å². The molecule has 0 radical (unpaired) electrons. The second kappa shape index (κ2) is 7.57. The SMILES string of the molecule is CC(C)CN1CC2(CCN(C(=O)C(O)c3ccccc3Cl)CC2)CC1=O. The van der Waals surface area contributed by atoms with E-state index in [0.29, 0.717) is 36.0 Å². The maximum atomic E-state index is 12.7. The van der Waals surface area contributed by atoms with Crippen molar-refractivity contribution in [1.29, 1.82) is 0 Å². The Balaban J connectivity index is 1.61. The Kier molecular flexibility index (Phi) is 5.58. The Morgan fingerprint density at radius 3 is 2.54 bits per heavy atom. The van der Waals surface area contributed by atoms with Crippen LogP contribution in [-0.4, -0.2) is 52.9 Å². The van der Waals surface area contributed by atoms with E-state index in [1.54, 1.807) is 29.2 Å². The highest BCUT2D eigenvalue weighted by molar-refractivity contribution is 6.31. The molecule has 1 unspecified atom stereocenters. The number of aliphatic hydroxyl groups excluding tert-OH is 1. The molecular weight excluding hydrogens is 352 g/mol. The van der Waals surface area contributed by atoms with Gasteiger partial charge in [0.15, 0.2) is 6.10 Å². The van der Waals surface area contributed by atoms with E-state index in [9.17, 15) is 14.7 Å². The zero-order chi connectivity index (χ0) is 18.9. The van der Waals surface area contributed by atoms with Crippen molar-refractivity contribution in [3.05, 3.63) is 34.9 Å². The Morgan fingerprint density at radius 2 is 1.92 bits per heavy atom. The summed E-state index contributed by atoms with van der Waals surface area (Å²) in [5.74, 6) is 0.382. The molecule has 26 heavy (non-hydrogen) atoms. The number of carbonyl (C=O) groups is 2. The van der Waals surface area contributed by atoms with Gasteiger partial charge < -0.3 is 14.9 Å². The quantitative estimate of drug-likeness (QED) is 0.876. The van der Waals surface area contributed by atoms with Gasteiger partial charge in [-0.25, -0.2) is 0 Å². The molecule has 1 spiro atoms. The van der Waals surface area contributed by atoms with E-state index in [-0.39, 0.29) is 17.2 Å². The standard InChI is InChI=1S/C20H27ClN2O3/c1-14(2)12-23-13-20(11-17(23)24)7-9-22(10-8-20)19(26)18(25)15-5-3-4-6-16(15)21/h3-6,14,18,25H,7-13H2,1-2H3. The first-order valence-corrected chi connectivity index (χ1v) is 9.68. The van der Waals surface area contributed by atoms with Crippen LogP contribution in [0.15, 0.2) is 24.3 Å². The van der Waals surface area contributed by atoms with Crippen molar-refractivity contribution >= 4 is 23.4 Å². The first-order chi connectivity index (χ1) is 12.3. The molecule has 2 aliphatic rings. The molecule has 142 valence electrons. The highest BCUT2D eigenvalue weighted by Crippen LogP contribution is 2.41. The molecule has 2 aliphatic heterocycles. The lowest BCUT2D eigenvalue weighted by Crippen LogP contribution is -2.46. The number of piperidine rings is 1. The van der Waals surface area contributed by atoms with E-state index in [2.05, 4.69) is 13.8 Å². The average molecular weight is 379 g/mol. The fourth-order valence-electron chi connectivity index (χ4n) is 4.13. The zero-order valence-corrected chi connectivity index (χ0v) is 16.2. The number of rotatable bonds is 4. The van der Waals surface area contributed by atoms with E-state index in [1.807, 2.05) is 4.90 Å². The van der Waals surface area contributed by atoms with Gasteiger partial charge in [0.1, 0.15) is 0 Å². The van der Waals surface area contributed by atoms with E-state index >= 15 is 0 Å². The molecule has 2 saturated heterocycles. The van der Waals surface area contributed by atoms with Crippen LogP contribution in [0.3, 0.4) is 0 Å². The monoisotopic (exact) mass is 378 g/mol. The second-order valence-corrected chi connectivity index (χ2v) is 8.50. The van der Waals surface area contributed by atoms with E-state index in [1.165, 1.54) is 0 Å². The lowest BCUT2D eigenvalue weighted by atomic mass is 9.77. The normalized spacial score (nSPS) is 20.9. The summed E-state index contributed by atoms with van der Waals surface area (Å²) in [6.45, 7) is 6.98. The largest absolute Gasteiger partial charge is 0.378 e. The minimum absolute atomic E-state index is 0.0158. The molecule has 1 aromatic carbocycles. The third-order valence-electron chi connectivity index (χ3n) is 5.56. The van der Waals surface area contributed by atoms with Crippen LogP contribution in [0.1, 0.15) is 44.8 Å². The molecule has 0 saturated carbocycles. The van der Waals surface area contributed by atoms with Crippen molar-refractivity contribution in [3.63, 3.8) is 0 Å². The number of benzene rings is 1. The Labute approximate surface area is 159 Å². The van der Waals surface area contributed by atoms with E-state index < -0.39 is 6.10 Å². The molecule has 0 aliphatic carbocycles. The molecule has 5 nitrogen and oxygen atoms in total. The van der Waals surface area contributed by atoms with E-state index in [0.717, 1.165) is 25.9 Å². The second-order valence-electron chi connectivity index (χ2n) is 8.09. The summed E-state index contributed by atoms with van der Waals surface area (Å²) in [5, 5.41) is 10.8. The van der Waals surface area contributed by atoms with Crippen LogP contribution in [0.25, 0.3) is 0 Å². The molecule has 3 rings (SSSR count). The Morgan fingerprint density at radius 1 is 1.27 bits per heavy atom. The highest BCUT2D eigenvalue weighted by Gasteiger charge is 2.45. The Hall–Kier alpha value is -1.59. The summed E-state index contributed by atoms with van der Waals surface area (Å²) in [5.41, 5.74) is 0.427. The number of carbonyl (C=O) groups excluding carboxylic acids is 2. The first-order valence-electron chi connectivity index (χ1n) is 9.30. The van der Waals surface area contributed by atoms with Gasteiger partial charge in [0.2, 0.25) is 5.91 Å². The number of nitrogens with zero attached hydrogens (tertiary/aromatic N) is 2. The predicted octanol–water partition coefficient (Wildman–Crippen LogP) is 2.87. The summed E-state index contributed by atoms with van der Waals surface area (Å²) < 4.78 is 0. The third kappa shape index (κ3) is 3.89. The van der Waals surface area contributed by atoms with Crippen molar-refractivity contribution in [2.45, 2.75) is 39.2 Å². The van der Waals surface area contributed by atoms with Gasteiger partial charge >= 0.3 is 0 Å². The molecule has 6 heteroatoms.